The van der Waals surface area contributed by atoms with Crippen LogP contribution in [0.1, 0.15) is 35.3 Å². The van der Waals surface area contributed by atoms with Gasteiger partial charge in [0.1, 0.15) is 5.54 Å². The van der Waals surface area contributed by atoms with E-state index < -0.39 is 39.1 Å². The minimum absolute atomic E-state index is 0.0401. The van der Waals surface area contributed by atoms with Gasteiger partial charge in [-0.25, -0.2) is 8.42 Å². The number of fused-ring (bicyclic) bond motifs is 1. The maximum atomic E-state index is 12.8. The number of hydrogen-bond acceptors (Lipinski definition) is 4. The van der Waals surface area contributed by atoms with Gasteiger partial charge in [0.2, 0.25) is 5.91 Å². The first-order valence-electron chi connectivity index (χ1n) is 8.69. The van der Waals surface area contributed by atoms with Gasteiger partial charge >= 0.3 is 6.18 Å². The van der Waals surface area contributed by atoms with Gasteiger partial charge in [0.05, 0.1) is 21.7 Å². The van der Waals surface area contributed by atoms with Crippen LogP contribution >= 0.6 is 0 Å². The number of amides is 2. The molecule has 30 heavy (non-hydrogen) atoms. The van der Waals surface area contributed by atoms with Crippen LogP contribution in [0, 0.1) is 6.92 Å². The van der Waals surface area contributed by atoms with Crippen molar-refractivity contribution in [3.63, 3.8) is 0 Å². The molecule has 0 saturated carbocycles. The minimum Gasteiger partial charge on any atom is -0.338 e. The van der Waals surface area contributed by atoms with E-state index in [2.05, 4.69) is 15.4 Å². The number of halogens is 3. The Morgan fingerprint density at radius 1 is 1.03 bits per heavy atom. The lowest BCUT2D eigenvalue weighted by molar-refractivity contribution is -0.137. The Balaban J connectivity index is 1.97. The van der Waals surface area contributed by atoms with Gasteiger partial charge in [0, 0.05) is 5.69 Å². The number of benzene rings is 2. The third-order valence-corrected chi connectivity index (χ3v) is 5.92. The maximum absolute atomic E-state index is 12.8. The van der Waals surface area contributed by atoms with Gasteiger partial charge in [-0.3, -0.25) is 14.3 Å². The molecule has 2 amide bonds. The highest BCUT2D eigenvalue weighted by Crippen LogP contribution is 2.32. The second kappa shape index (κ2) is 7.01. The van der Waals surface area contributed by atoms with Crippen molar-refractivity contribution in [2.75, 3.05) is 10.0 Å². The normalized spacial score (nSPS) is 16.2. The fourth-order valence-corrected chi connectivity index (χ4v) is 4.04. The van der Waals surface area contributed by atoms with Crippen LogP contribution < -0.4 is 15.4 Å². The minimum atomic E-state index is -4.54. The van der Waals surface area contributed by atoms with E-state index in [0.29, 0.717) is 5.56 Å². The van der Waals surface area contributed by atoms with Crippen molar-refractivity contribution in [2.24, 2.45) is 0 Å². The average Bonchev–Trinajstić information content (AvgIpc) is 2.69. The Morgan fingerprint density at radius 2 is 1.63 bits per heavy atom. The zero-order valence-electron chi connectivity index (χ0n) is 16.1. The van der Waals surface area contributed by atoms with E-state index >= 15 is 0 Å². The Kier molecular flexibility index (Phi) is 5.05. The van der Waals surface area contributed by atoms with Crippen LogP contribution in [0.25, 0.3) is 0 Å². The molecule has 0 unspecified atom stereocenters. The Labute approximate surface area is 170 Å². The van der Waals surface area contributed by atoms with Crippen LogP contribution in [0.5, 0.6) is 0 Å². The zero-order chi connectivity index (χ0) is 22.5. The molecule has 0 fully saturated rings. The summed E-state index contributed by atoms with van der Waals surface area (Å²) in [5.41, 5.74) is -1.71. The lowest BCUT2D eigenvalue weighted by Gasteiger charge is -2.21. The van der Waals surface area contributed by atoms with Gasteiger partial charge in [-0.1, -0.05) is 0 Å². The summed E-state index contributed by atoms with van der Waals surface area (Å²) in [5, 5.41) is 5.14. The van der Waals surface area contributed by atoms with E-state index in [-0.39, 0.29) is 21.8 Å². The van der Waals surface area contributed by atoms with Gasteiger partial charge in [-0.15, -0.1) is 0 Å². The molecule has 0 atom stereocenters. The standard InChI is InChI=1S/C19H18F3N3O4S/c1-10-8-13(9-14-15(10)23-17(27)18(2,3)24-16(14)26)30(28,29)25-12-6-4-11(5-7-12)19(20,21)22/h4-9,25H,1-3H3,(H,23,27)(H,24,26). The van der Waals surface area contributed by atoms with E-state index in [1.807, 2.05) is 0 Å². The van der Waals surface area contributed by atoms with E-state index in [0.717, 1.165) is 30.3 Å². The summed E-state index contributed by atoms with van der Waals surface area (Å²) in [6.07, 6.45) is -4.54. The van der Waals surface area contributed by atoms with Crippen molar-refractivity contribution >= 4 is 33.2 Å². The van der Waals surface area contributed by atoms with Crippen LogP contribution in [-0.2, 0) is 21.0 Å². The molecule has 7 nitrogen and oxygen atoms in total. The molecular formula is C19H18F3N3O4S. The number of nitrogens with one attached hydrogen (secondary N) is 3. The largest absolute Gasteiger partial charge is 0.416 e. The molecule has 0 bridgehead atoms. The number of carbonyl (C=O) groups is 2. The average molecular weight is 441 g/mol. The lowest BCUT2D eigenvalue weighted by Crippen LogP contribution is -2.50. The summed E-state index contributed by atoms with van der Waals surface area (Å²) in [5.74, 6) is -1.10. The molecule has 2 aromatic carbocycles. The number of anilines is 2. The molecule has 0 saturated heterocycles. The fraction of sp³-hybridized carbons (Fsp3) is 0.263. The molecule has 2 aromatic rings. The maximum Gasteiger partial charge on any atom is 0.416 e. The molecule has 0 radical (unpaired) electrons. The van der Waals surface area contributed by atoms with Gasteiger partial charge in [-0.2, -0.15) is 13.2 Å². The van der Waals surface area contributed by atoms with Crippen LogP contribution in [0.3, 0.4) is 0 Å². The number of alkyl halides is 3. The van der Waals surface area contributed by atoms with E-state index in [4.69, 9.17) is 0 Å². The Bertz CT molecular complexity index is 1140. The zero-order valence-corrected chi connectivity index (χ0v) is 17.0. The number of hydrogen-bond donors (Lipinski definition) is 3. The lowest BCUT2D eigenvalue weighted by atomic mass is 10.1. The highest BCUT2D eigenvalue weighted by molar-refractivity contribution is 7.92. The number of rotatable bonds is 3. The van der Waals surface area contributed by atoms with Crippen LogP contribution in [-0.4, -0.2) is 25.8 Å². The highest BCUT2D eigenvalue weighted by Gasteiger charge is 2.36. The first kappa shape index (κ1) is 21.6. The van der Waals surface area contributed by atoms with Crippen LogP contribution in [0.15, 0.2) is 41.3 Å². The van der Waals surface area contributed by atoms with Gasteiger partial charge in [0.15, 0.2) is 0 Å². The first-order valence-corrected chi connectivity index (χ1v) is 10.2. The van der Waals surface area contributed by atoms with Crippen LogP contribution in [0.2, 0.25) is 0 Å². The predicted octanol–water partition coefficient (Wildman–Crippen LogP) is 3.28. The van der Waals surface area contributed by atoms with E-state index in [9.17, 15) is 31.2 Å². The second-order valence-corrected chi connectivity index (χ2v) is 9.06. The van der Waals surface area contributed by atoms with Crippen molar-refractivity contribution in [1.29, 1.82) is 0 Å². The summed E-state index contributed by atoms with van der Waals surface area (Å²) in [7, 11) is -4.22. The quantitative estimate of drug-likeness (QED) is 0.680. The summed E-state index contributed by atoms with van der Waals surface area (Å²) < 4.78 is 65.7. The molecule has 1 heterocycles. The third-order valence-electron chi connectivity index (χ3n) is 4.56. The molecule has 0 spiro atoms. The Morgan fingerprint density at radius 3 is 2.20 bits per heavy atom. The molecular weight excluding hydrogens is 423 g/mol. The molecule has 3 N–H and O–H groups in total. The van der Waals surface area contributed by atoms with E-state index in [1.54, 1.807) is 0 Å². The number of carbonyl (C=O) groups excluding carboxylic acids is 2. The summed E-state index contributed by atoms with van der Waals surface area (Å²) in [6.45, 7) is 4.54. The van der Waals surface area contributed by atoms with Crippen molar-refractivity contribution in [3.8, 4) is 0 Å². The summed E-state index contributed by atoms with van der Waals surface area (Å²) >= 11 is 0. The monoisotopic (exact) mass is 441 g/mol. The molecule has 1 aliphatic rings. The second-order valence-electron chi connectivity index (χ2n) is 7.38. The predicted molar refractivity (Wildman–Crippen MR) is 104 cm³/mol. The van der Waals surface area contributed by atoms with Crippen molar-refractivity contribution in [1.82, 2.24) is 5.32 Å². The van der Waals surface area contributed by atoms with Gasteiger partial charge < -0.3 is 10.6 Å². The van der Waals surface area contributed by atoms with E-state index in [1.165, 1.54) is 26.8 Å². The molecule has 11 heteroatoms. The fourth-order valence-electron chi connectivity index (χ4n) is 2.87. The van der Waals surface area contributed by atoms with Crippen molar-refractivity contribution < 1.29 is 31.2 Å². The molecule has 0 aromatic heterocycles. The molecule has 160 valence electrons. The number of aryl methyl sites for hydroxylation is 1. The topological polar surface area (TPSA) is 104 Å². The highest BCUT2D eigenvalue weighted by atomic mass is 32.2. The van der Waals surface area contributed by atoms with Gasteiger partial charge in [0.25, 0.3) is 15.9 Å². The third kappa shape index (κ3) is 4.11. The molecule has 3 rings (SSSR count). The Hall–Kier alpha value is -3.08. The summed E-state index contributed by atoms with van der Waals surface area (Å²) in [4.78, 5) is 24.6. The van der Waals surface area contributed by atoms with Crippen molar-refractivity contribution in [2.45, 2.75) is 37.4 Å². The van der Waals surface area contributed by atoms with Gasteiger partial charge in [-0.05, 0) is 62.7 Å². The summed E-state index contributed by atoms with van der Waals surface area (Å²) in [6, 6.07) is 5.86. The molecule has 1 aliphatic heterocycles. The smallest absolute Gasteiger partial charge is 0.338 e. The van der Waals surface area contributed by atoms with Crippen molar-refractivity contribution in [3.05, 3.63) is 53.1 Å². The first-order chi connectivity index (χ1) is 13.7. The molecule has 0 aliphatic carbocycles. The SMILES string of the molecule is Cc1cc(S(=O)(=O)Nc2ccc(C(F)(F)F)cc2)cc2c1NC(=O)C(C)(C)NC2=O. The number of sulfonamides is 1. The van der Waals surface area contributed by atoms with Crippen LogP contribution in [0.4, 0.5) is 24.5 Å².